The summed E-state index contributed by atoms with van der Waals surface area (Å²) in [4.78, 5) is 25.8. The minimum Gasteiger partial charge on any atom is -0.368 e. The van der Waals surface area contributed by atoms with E-state index < -0.39 is 18.1 Å². The molecule has 1 saturated carbocycles. The zero-order valence-corrected chi connectivity index (χ0v) is 20.0. The van der Waals surface area contributed by atoms with E-state index in [1.165, 1.54) is 12.8 Å². The van der Waals surface area contributed by atoms with Crippen molar-refractivity contribution in [2.24, 2.45) is 16.8 Å². The summed E-state index contributed by atoms with van der Waals surface area (Å²) >= 11 is 0. The highest BCUT2D eigenvalue weighted by molar-refractivity contribution is 6.03. The summed E-state index contributed by atoms with van der Waals surface area (Å²) in [5, 5.41) is 3.78. The standard InChI is InChI=1S/C26H32F3N5O/c1-30-14-18-4-7-23(22-3-2-10-31-24(18)22)34-15-19(26(27,28)29)13-20(16-34)32-25(35)17-8-11-33(12-9-17)21-5-6-21/h2-4,7,10,14,17,19-21H,5-6,8-9,11-13,15-16H2,1H3,(H,32,35)/b30-14-/t19-,20+/m0/s1. The lowest BCUT2D eigenvalue weighted by Crippen LogP contribution is -2.55. The van der Waals surface area contributed by atoms with E-state index >= 15 is 0 Å². The number of fused-ring (bicyclic) bond motifs is 1. The van der Waals surface area contributed by atoms with Gasteiger partial charge in [0.05, 0.1) is 11.4 Å². The molecule has 1 amide bonds. The number of piperidine rings is 2. The molecule has 2 aromatic rings. The number of nitrogens with one attached hydrogen (secondary N) is 1. The summed E-state index contributed by atoms with van der Waals surface area (Å²) < 4.78 is 41.8. The zero-order valence-electron chi connectivity index (χ0n) is 20.0. The van der Waals surface area contributed by atoms with Gasteiger partial charge in [0.1, 0.15) is 0 Å². The number of carbonyl (C=O) groups is 1. The number of alkyl halides is 3. The number of pyridine rings is 1. The number of aliphatic imine (C=N–C) groups is 1. The van der Waals surface area contributed by atoms with Crippen LogP contribution in [0.15, 0.2) is 35.5 Å². The molecule has 1 N–H and O–H groups in total. The molecular weight excluding hydrogens is 455 g/mol. The van der Waals surface area contributed by atoms with E-state index in [0.29, 0.717) is 23.8 Å². The second-order valence-corrected chi connectivity index (χ2v) is 10.1. The molecule has 0 radical (unpaired) electrons. The first-order valence-corrected chi connectivity index (χ1v) is 12.5. The normalized spacial score (nSPS) is 24.9. The summed E-state index contributed by atoms with van der Waals surface area (Å²) in [6.45, 7) is 2.00. The maximum Gasteiger partial charge on any atom is 0.393 e. The molecule has 35 heavy (non-hydrogen) atoms. The van der Waals surface area contributed by atoms with Gasteiger partial charge in [-0.05, 0) is 69.5 Å². The lowest BCUT2D eigenvalue weighted by Gasteiger charge is -2.41. The first-order valence-electron chi connectivity index (χ1n) is 12.5. The van der Waals surface area contributed by atoms with Crippen molar-refractivity contribution in [2.75, 3.05) is 38.1 Å². The van der Waals surface area contributed by atoms with Crippen LogP contribution in [0.25, 0.3) is 10.9 Å². The molecule has 2 atom stereocenters. The number of amides is 1. The molecule has 1 aromatic heterocycles. The largest absolute Gasteiger partial charge is 0.393 e. The summed E-state index contributed by atoms with van der Waals surface area (Å²) in [6.07, 6.45) is 2.98. The summed E-state index contributed by atoms with van der Waals surface area (Å²) in [5.74, 6) is -1.74. The van der Waals surface area contributed by atoms with Crippen molar-refractivity contribution in [1.29, 1.82) is 0 Å². The first kappa shape index (κ1) is 24.0. The fourth-order valence-electron chi connectivity index (χ4n) is 5.62. The van der Waals surface area contributed by atoms with Crippen molar-refractivity contribution >= 4 is 28.7 Å². The third kappa shape index (κ3) is 5.29. The van der Waals surface area contributed by atoms with Gasteiger partial charge in [0, 0.05) is 67.2 Å². The van der Waals surface area contributed by atoms with Crippen molar-refractivity contribution < 1.29 is 18.0 Å². The van der Waals surface area contributed by atoms with Gasteiger partial charge in [-0.2, -0.15) is 13.2 Å². The molecule has 1 aromatic carbocycles. The Morgan fingerprint density at radius 2 is 1.91 bits per heavy atom. The van der Waals surface area contributed by atoms with Crippen LogP contribution in [0.4, 0.5) is 18.9 Å². The van der Waals surface area contributed by atoms with Crippen LogP contribution in [0.5, 0.6) is 0 Å². The van der Waals surface area contributed by atoms with Gasteiger partial charge in [0.2, 0.25) is 5.91 Å². The van der Waals surface area contributed by atoms with Gasteiger partial charge in [0.25, 0.3) is 0 Å². The Kier molecular flexibility index (Phi) is 6.70. The van der Waals surface area contributed by atoms with E-state index in [0.717, 1.165) is 36.9 Å². The van der Waals surface area contributed by atoms with Gasteiger partial charge in [-0.3, -0.25) is 14.8 Å². The van der Waals surface area contributed by atoms with Gasteiger partial charge in [-0.1, -0.05) is 0 Å². The van der Waals surface area contributed by atoms with Gasteiger partial charge >= 0.3 is 6.18 Å². The summed E-state index contributed by atoms with van der Waals surface area (Å²) in [7, 11) is 1.67. The Morgan fingerprint density at radius 1 is 1.14 bits per heavy atom. The molecule has 0 spiro atoms. The topological polar surface area (TPSA) is 60.8 Å². The van der Waals surface area contributed by atoms with E-state index in [1.54, 1.807) is 30.4 Å². The van der Waals surface area contributed by atoms with Crippen LogP contribution in [-0.4, -0.2) is 73.5 Å². The van der Waals surface area contributed by atoms with E-state index in [1.807, 2.05) is 18.2 Å². The molecule has 188 valence electrons. The fourth-order valence-corrected chi connectivity index (χ4v) is 5.62. The number of carbonyl (C=O) groups excluding carboxylic acids is 1. The molecule has 0 bridgehead atoms. The van der Waals surface area contributed by atoms with Crippen LogP contribution >= 0.6 is 0 Å². The second-order valence-electron chi connectivity index (χ2n) is 10.1. The number of nitrogens with zero attached hydrogens (tertiary/aromatic N) is 4. The van der Waals surface area contributed by atoms with Crippen LogP contribution in [0.1, 0.15) is 37.7 Å². The molecule has 0 unspecified atom stereocenters. The minimum absolute atomic E-state index is 0.0938. The van der Waals surface area contributed by atoms with Crippen LogP contribution in [-0.2, 0) is 4.79 Å². The predicted molar refractivity (Wildman–Crippen MR) is 131 cm³/mol. The molecule has 3 fully saturated rings. The smallest absolute Gasteiger partial charge is 0.368 e. The monoisotopic (exact) mass is 487 g/mol. The highest BCUT2D eigenvalue weighted by atomic mass is 19.4. The first-order chi connectivity index (χ1) is 16.8. The van der Waals surface area contributed by atoms with Gasteiger partial charge in [-0.15, -0.1) is 0 Å². The van der Waals surface area contributed by atoms with Gasteiger partial charge < -0.3 is 15.1 Å². The number of benzene rings is 1. The average Bonchev–Trinajstić information content (AvgIpc) is 3.69. The molecular formula is C26H32F3N5O. The number of anilines is 1. The molecule has 3 aliphatic rings. The second kappa shape index (κ2) is 9.76. The third-order valence-corrected chi connectivity index (χ3v) is 7.61. The van der Waals surface area contributed by atoms with Crippen LogP contribution < -0.4 is 10.2 Å². The minimum atomic E-state index is -4.33. The fraction of sp³-hybridized carbons (Fsp3) is 0.577. The average molecular weight is 488 g/mol. The SMILES string of the molecule is C/N=C\c1ccc(N2C[C@H](NC(=O)C3CCN(C4CC4)CC3)C[C@H](C(F)(F)F)C2)c2cccnc12. The number of hydrogen-bond donors (Lipinski definition) is 1. The number of aromatic nitrogens is 1. The highest BCUT2D eigenvalue weighted by Crippen LogP contribution is 2.37. The molecule has 9 heteroatoms. The maximum absolute atomic E-state index is 13.9. The van der Waals surface area contributed by atoms with Crippen molar-refractivity contribution in [2.45, 2.75) is 50.4 Å². The Balaban J connectivity index is 1.35. The molecule has 5 rings (SSSR count). The van der Waals surface area contributed by atoms with Crippen LogP contribution in [0.2, 0.25) is 0 Å². The lowest BCUT2D eigenvalue weighted by molar-refractivity contribution is -0.178. The number of rotatable bonds is 5. The number of hydrogen-bond acceptors (Lipinski definition) is 5. The lowest BCUT2D eigenvalue weighted by atomic mass is 9.90. The number of halogens is 3. The van der Waals surface area contributed by atoms with Gasteiger partial charge in [-0.25, -0.2) is 0 Å². The van der Waals surface area contributed by atoms with E-state index in [2.05, 4.69) is 20.2 Å². The Labute approximate surface area is 203 Å². The summed E-state index contributed by atoms with van der Waals surface area (Å²) in [6, 6.07) is 7.47. The van der Waals surface area contributed by atoms with Crippen molar-refractivity contribution in [3.8, 4) is 0 Å². The van der Waals surface area contributed by atoms with Crippen LogP contribution in [0.3, 0.4) is 0 Å². The Hall–Kier alpha value is -2.68. The summed E-state index contributed by atoms with van der Waals surface area (Å²) in [5.41, 5.74) is 2.22. The number of likely N-dealkylation sites (tertiary alicyclic amines) is 1. The molecule has 2 aliphatic heterocycles. The van der Waals surface area contributed by atoms with Crippen LogP contribution in [0, 0.1) is 11.8 Å². The quantitative estimate of drug-likeness (QED) is 0.647. The van der Waals surface area contributed by atoms with Gasteiger partial charge in [0.15, 0.2) is 0 Å². The zero-order chi connectivity index (χ0) is 24.6. The molecule has 2 saturated heterocycles. The molecule has 1 aliphatic carbocycles. The highest BCUT2D eigenvalue weighted by Gasteiger charge is 2.45. The Morgan fingerprint density at radius 3 is 2.60 bits per heavy atom. The van der Waals surface area contributed by atoms with E-state index in [-0.39, 0.29) is 24.8 Å². The molecule has 6 nitrogen and oxygen atoms in total. The predicted octanol–water partition coefficient (Wildman–Crippen LogP) is 4.03. The molecule has 3 heterocycles. The third-order valence-electron chi connectivity index (χ3n) is 7.61. The van der Waals surface area contributed by atoms with Crippen molar-refractivity contribution in [3.05, 3.63) is 36.0 Å². The maximum atomic E-state index is 13.9. The van der Waals surface area contributed by atoms with Crippen molar-refractivity contribution in [3.63, 3.8) is 0 Å². The Bertz CT molecular complexity index is 1090. The van der Waals surface area contributed by atoms with E-state index in [9.17, 15) is 18.0 Å². The van der Waals surface area contributed by atoms with Crippen molar-refractivity contribution in [1.82, 2.24) is 15.2 Å². The van der Waals surface area contributed by atoms with E-state index in [4.69, 9.17) is 0 Å².